The lowest BCUT2D eigenvalue weighted by molar-refractivity contribution is 0.590. The maximum absolute atomic E-state index is 4.27. The summed E-state index contributed by atoms with van der Waals surface area (Å²) in [6, 6.07) is 16.9. The van der Waals surface area contributed by atoms with Crippen molar-refractivity contribution in [2.45, 2.75) is 26.2 Å². The summed E-state index contributed by atoms with van der Waals surface area (Å²) >= 11 is 0. The van der Waals surface area contributed by atoms with Crippen molar-refractivity contribution in [2.24, 2.45) is 0 Å². The first-order valence-corrected chi connectivity index (χ1v) is 7.38. The Kier molecular flexibility index (Phi) is 3.72. The van der Waals surface area contributed by atoms with Crippen LogP contribution in [0.1, 0.15) is 26.3 Å². The molecule has 0 saturated carbocycles. The van der Waals surface area contributed by atoms with Gasteiger partial charge in [-0.1, -0.05) is 69.3 Å². The zero-order chi connectivity index (χ0) is 15.6. The Morgan fingerprint density at radius 2 is 1.32 bits per heavy atom. The Bertz CT molecular complexity index is 757. The first-order valence-electron chi connectivity index (χ1n) is 7.38. The van der Waals surface area contributed by atoms with E-state index in [0.717, 1.165) is 11.1 Å². The number of hydrogen-bond donors (Lipinski definition) is 0. The van der Waals surface area contributed by atoms with E-state index in [0.29, 0.717) is 5.82 Å². The standard InChI is InChI=1S/C19H19N3/c1-19(2,3)15-10-8-14(9-11-15)16-6-4-5-7-17(16)18-21-12-20-13-22-18/h4-13H,1-3H3. The third-order valence-corrected chi connectivity index (χ3v) is 3.72. The van der Waals surface area contributed by atoms with Crippen LogP contribution >= 0.6 is 0 Å². The molecule has 0 spiro atoms. The van der Waals surface area contributed by atoms with Crippen LogP contribution in [0.2, 0.25) is 0 Å². The molecule has 0 bridgehead atoms. The Morgan fingerprint density at radius 3 is 1.91 bits per heavy atom. The molecule has 0 unspecified atom stereocenters. The molecule has 0 saturated heterocycles. The number of rotatable bonds is 2. The van der Waals surface area contributed by atoms with Gasteiger partial charge in [0.1, 0.15) is 12.7 Å². The lowest BCUT2D eigenvalue weighted by atomic mass is 9.86. The smallest absolute Gasteiger partial charge is 0.163 e. The van der Waals surface area contributed by atoms with E-state index in [2.05, 4.69) is 66.1 Å². The highest BCUT2D eigenvalue weighted by molar-refractivity contribution is 5.80. The van der Waals surface area contributed by atoms with Crippen molar-refractivity contribution in [2.75, 3.05) is 0 Å². The fourth-order valence-electron chi connectivity index (χ4n) is 2.46. The van der Waals surface area contributed by atoms with E-state index in [1.165, 1.54) is 23.8 Å². The van der Waals surface area contributed by atoms with Crippen molar-refractivity contribution in [1.29, 1.82) is 0 Å². The molecule has 0 amide bonds. The molecule has 1 aromatic heterocycles. The van der Waals surface area contributed by atoms with Crippen molar-refractivity contribution in [1.82, 2.24) is 15.0 Å². The number of benzene rings is 2. The van der Waals surface area contributed by atoms with Crippen LogP contribution in [0.15, 0.2) is 61.2 Å². The molecular weight excluding hydrogens is 270 g/mol. The Balaban J connectivity index is 2.06. The molecule has 0 fully saturated rings. The molecular formula is C19H19N3. The maximum Gasteiger partial charge on any atom is 0.163 e. The summed E-state index contributed by atoms with van der Waals surface area (Å²) in [5.41, 5.74) is 4.81. The van der Waals surface area contributed by atoms with Gasteiger partial charge in [-0.3, -0.25) is 0 Å². The van der Waals surface area contributed by atoms with E-state index in [9.17, 15) is 0 Å². The minimum Gasteiger partial charge on any atom is -0.225 e. The van der Waals surface area contributed by atoms with Crippen LogP contribution in [0.25, 0.3) is 22.5 Å². The Labute approximate surface area is 131 Å². The van der Waals surface area contributed by atoms with E-state index in [4.69, 9.17) is 0 Å². The van der Waals surface area contributed by atoms with Crippen LogP contribution in [-0.4, -0.2) is 15.0 Å². The summed E-state index contributed by atoms with van der Waals surface area (Å²) in [6.07, 6.45) is 3.06. The molecule has 0 radical (unpaired) electrons. The summed E-state index contributed by atoms with van der Waals surface area (Å²) in [6.45, 7) is 6.67. The summed E-state index contributed by atoms with van der Waals surface area (Å²) < 4.78 is 0. The molecule has 3 rings (SSSR count). The van der Waals surface area contributed by atoms with Gasteiger partial charge in [-0.15, -0.1) is 0 Å². The van der Waals surface area contributed by atoms with E-state index in [1.54, 1.807) is 0 Å². The third-order valence-electron chi connectivity index (χ3n) is 3.72. The van der Waals surface area contributed by atoms with E-state index >= 15 is 0 Å². The van der Waals surface area contributed by atoms with Crippen LogP contribution < -0.4 is 0 Å². The van der Waals surface area contributed by atoms with E-state index in [-0.39, 0.29) is 5.41 Å². The van der Waals surface area contributed by atoms with Gasteiger partial charge in [-0.25, -0.2) is 15.0 Å². The van der Waals surface area contributed by atoms with Crippen molar-refractivity contribution in [3.63, 3.8) is 0 Å². The molecule has 3 heteroatoms. The van der Waals surface area contributed by atoms with Gasteiger partial charge >= 0.3 is 0 Å². The SMILES string of the molecule is CC(C)(C)c1ccc(-c2ccccc2-c2ncncn2)cc1. The van der Waals surface area contributed by atoms with Gasteiger partial charge in [0.25, 0.3) is 0 Å². The molecule has 2 aromatic carbocycles. The van der Waals surface area contributed by atoms with Crippen molar-refractivity contribution in [3.05, 3.63) is 66.7 Å². The Hall–Kier alpha value is -2.55. The maximum atomic E-state index is 4.27. The minimum atomic E-state index is 0.159. The highest BCUT2D eigenvalue weighted by Crippen LogP contribution is 2.31. The number of aromatic nitrogens is 3. The normalized spacial score (nSPS) is 11.4. The van der Waals surface area contributed by atoms with Crippen molar-refractivity contribution in [3.8, 4) is 22.5 Å². The zero-order valence-corrected chi connectivity index (χ0v) is 13.1. The fraction of sp³-hybridized carbons (Fsp3) is 0.211. The van der Waals surface area contributed by atoms with Crippen molar-refractivity contribution < 1.29 is 0 Å². The van der Waals surface area contributed by atoms with Gasteiger partial charge < -0.3 is 0 Å². The number of nitrogens with zero attached hydrogens (tertiary/aromatic N) is 3. The molecule has 3 aromatic rings. The van der Waals surface area contributed by atoms with Gasteiger partial charge in [0.05, 0.1) is 0 Å². The van der Waals surface area contributed by atoms with Crippen LogP contribution in [-0.2, 0) is 5.41 Å². The lowest BCUT2D eigenvalue weighted by Crippen LogP contribution is -2.10. The summed E-state index contributed by atoms with van der Waals surface area (Å²) in [4.78, 5) is 12.4. The van der Waals surface area contributed by atoms with Gasteiger partial charge in [0.15, 0.2) is 5.82 Å². The summed E-state index contributed by atoms with van der Waals surface area (Å²) in [7, 11) is 0. The van der Waals surface area contributed by atoms with Gasteiger partial charge in [0.2, 0.25) is 0 Å². The Morgan fingerprint density at radius 1 is 0.727 bits per heavy atom. The van der Waals surface area contributed by atoms with Crippen LogP contribution in [0.3, 0.4) is 0 Å². The first-order chi connectivity index (χ1) is 10.6. The van der Waals surface area contributed by atoms with Crippen molar-refractivity contribution >= 4 is 0 Å². The highest BCUT2D eigenvalue weighted by Gasteiger charge is 2.14. The number of hydrogen-bond acceptors (Lipinski definition) is 3. The third kappa shape index (κ3) is 2.89. The molecule has 0 aliphatic rings. The quantitative estimate of drug-likeness (QED) is 0.697. The van der Waals surface area contributed by atoms with Gasteiger partial charge in [-0.2, -0.15) is 0 Å². The summed E-state index contributed by atoms with van der Waals surface area (Å²) in [5.74, 6) is 0.700. The molecule has 0 atom stereocenters. The predicted octanol–water partition coefficient (Wildman–Crippen LogP) is 4.50. The van der Waals surface area contributed by atoms with Gasteiger partial charge in [0, 0.05) is 5.56 Å². The second kappa shape index (κ2) is 5.68. The zero-order valence-electron chi connectivity index (χ0n) is 13.1. The highest BCUT2D eigenvalue weighted by atomic mass is 15.0. The predicted molar refractivity (Wildman–Crippen MR) is 89.4 cm³/mol. The molecule has 22 heavy (non-hydrogen) atoms. The fourth-order valence-corrected chi connectivity index (χ4v) is 2.46. The van der Waals surface area contributed by atoms with Crippen LogP contribution in [0.4, 0.5) is 0 Å². The molecule has 3 nitrogen and oxygen atoms in total. The molecule has 110 valence electrons. The van der Waals surface area contributed by atoms with E-state index in [1.807, 2.05) is 18.2 Å². The minimum absolute atomic E-state index is 0.159. The van der Waals surface area contributed by atoms with Crippen LogP contribution in [0, 0.1) is 0 Å². The molecule has 0 N–H and O–H groups in total. The second-order valence-electron chi connectivity index (χ2n) is 6.33. The largest absolute Gasteiger partial charge is 0.225 e. The van der Waals surface area contributed by atoms with E-state index < -0.39 is 0 Å². The first kappa shape index (κ1) is 14.4. The summed E-state index contributed by atoms with van der Waals surface area (Å²) in [5, 5.41) is 0. The molecule has 1 heterocycles. The average molecular weight is 289 g/mol. The lowest BCUT2D eigenvalue weighted by Gasteiger charge is -2.19. The molecule has 0 aliphatic carbocycles. The monoisotopic (exact) mass is 289 g/mol. The van der Waals surface area contributed by atoms with Gasteiger partial charge in [-0.05, 0) is 22.1 Å². The topological polar surface area (TPSA) is 38.7 Å². The average Bonchev–Trinajstić information content (AvgIpc) is 2.55. The molecule has 0 aliphatic heterocycles. The van der Waals surface area contributed by atoms with Crippen LogP contribution in [0.5, 0.6) is 0 Å². The second-order valence-corrected chi connectivity index (χ2v) is 6.33.